The van der Waals surface area contributed by atoms with Crippen molar-refractivity contribution in [1.29, 1.82) is 0 Å². The molecule has 2 N–H and O–H groups in total. The van der Waals surface area contributed by atoms with Gasteiger partial charge in [0.05, 0.1) is 6.61 Å². The highest BCUT2D eigenvalue weighted by Gasteiger charge is 1.82. The summed E-state index contributed by atoms with van der Waals surface area (Å²) in [6.45, 7) is 2.06. The van der Waals surface area contributed by atoms with Gasteiger partial charge in [0.15, 0.2) is 0 Å². The fraction of sp³-hybridized carbons (Fsp3) is 0.400. The lowest BCUT2D eigenvalue weighted by Crippen LogP contribution is -2.11. The maximum atomic E-state index is 9.60. The predicted molar refractivity (Wildman–Crippen MR) is 31.1 cm³/mol. The highest BCUT2D eigenvalue weighted by molar-refractivity contribution is 5.64. The van der Waals surface area contributed by atoms with E-state index in [1.54, 1.807) is 6.92 Å². The minimum Gasteiger partial charge on any atom is -0.450 e. The second kappa shape index (κ2) is 9.27. The molecule has 8 heavy (non-hydrogen) atoms. The van der Waals surface area contributed by atoms with Crippen molar-refractivity contribution in [2.24, 2.45) is 5.73 Å². The van der Waals surface area contributed by atoms with Gasteiger partial charge in [0, 0.05) is 0 Å². The third-order valence-electron chi connectivity index (χ3n) is 0.287. The van der Waals surface area contributed by atoms with Crippen LogP contribution in [0.2, 0.25) is 0 Å². The highest BCUT2D eigenvalue weighted by Crippen LogP contribution is 1.66. The monoisotopic (exact) mass is 115 g/mol. The number of ether oxygens (including phenoxy) is 1. The molecule has 0 saturated carbocycles. The Hall–Kier alpha value is -1.17. The minimum atomic E-state index is -0.711. The van der Waals surface area contributed by atoms with Gasteiger partial charge in [-0.3, -0.25) is 0 Å². The van der Waals surface area contributed by atoms with Gasteiger partial charge in [0.25, 0.3) is 0 Å². The van der Waals surface area contributed by atoms with Crippen LogP contribution < -0.4 is 5.73 Å². The van der Waals surface area contributed by atoms with Crippen LogP contribution in [0.25, 0.3) is 0 Å². The van der Waals surface area contributed by atoms with Crippen molar-refractivity contribution in [3.05, 3.63) is 0 Å². The standard InChI is InChI=1S/C3H7NO2.C2H2/c1-2-6-3(4)5;1-2/h2H2,1H3,(H2,4,5);1-2H. The van der Waals surface area contributed by atoms with E-state index in [1.807, 2.05) is 0 Å². The van der Waals surface area contributed by atoms with Crippen LogP contribution in [-0.2, 0) is 4.74 Å². The molecule has 0 aliphatic heterocycles. The first kappa shape index (κ1) is 9.95. The number of terminal acetylenes is 1. The predicted octanol–water partition coefficient (Wildman–Crippen LogP) is 0.351. The first-order valence-corrected chi connectivity index (χ1v) is 2.03. The van der Waals surface area contributed by atoms with Crippen molar-refractivity contribution in [2.75, 3.05) is 6.61 Å². The quantitative estimate of drug-likeness (QED) is 0.501. The normalized spacial score (nSPS) is 5.88. The molecule has 3 heteroatoms. The summed E-state index contributed by atoms with van der Waals surface area (Å²) in [5.41, 5.74) is 4.54. The number of hydrogen-bond acceptors (Lipinski definition) is 2. The summed E-state index contributed by atoms with van der Waals surface area (Å²) in [4.78, 5) is 9.60. The molecule has 0 rings (SSSR count). The van der Waals surface area contributed by atoms with E-state index in [2.05, 4.69) is 23.3 Å². The lowest BCUT2D eigenvalue weighted by molar-refractivity contribution is 0.163. The van der Waals surface area contributed by atoms with E-state index in [-0.39, 0.29) is 0 Å². The lowest BCUT2D eigenvalue weighted by Gasteiger charge is -1.89. The molecule has 3 nitrogen and oxygen atoms in total. The van der Waals surface area contributed by atoms with Gasteiger partial charge >= 0.3 is 6.09 Å². The zero-order chi connectivity index (χ0) is 6.99. The summed E-state index contributed by atoms with van der Waals surface area (Å²) in [5, 5.41) is 0. The van der Waals surface area contributed by atoms with Crippen molar-refractivity contribution in [3.8, 4) is 12.8 Å². The molecular formula is C5H9NO2. The van der Waals surface area contributed by atoms with Crippen LogP contribution in [0.1, 0.15) is 6.92 Å². The number of hydrogen-bond donors (Lipinski definition) is 1. The van der Waals surface area contributed by atoms with Crippen molar-refractivity contribution in [1.82, 2.24) is 0 Å². The molecule has 0 fully saturated rings. The second-order valence-corrected chi connectivity index (χ2v) is 0.752. The molecule has 0 unspecified atom stereocenters. The first-order valence-electron chi connectivity index (χ1n) is 2.03. The Morgan fingerprint density at radius 1 is 1.75 bits per heavy atom. The zero-order valence-corrected chi connectivity index (χ0v) is 4.76. The molecule has 0 aromatic heterocycles. The Morgan fingerprint density at radius 2 is 2.12 bits per heavy atom. The van der Waals surface area contributed by atoms with Gasteiger partial charge in [-0.15, -0.1) is 12.8 Å². The fourth-order valence-corrected chi connectivity index (χ4v) is 0.142. The van der Waals surface area contributed by atoms with Crippen molar-refractivity contribution >= 4 is 6.09 Å². The van der Waals surface area contributed by atoms with Gasteiger partial charge in [-0.25, -0.2) is 4.79 Å². The van der Waals surface area contributed by atoms with E-state index in [0.717, 1.165) is 0 Å². The van der Waals surface area contributed by atoms with E-state index >= 15 is 0 Å². The Balaban J connectivity index is 0. The molecule has 0 saturated heterocycles. The molecule has 0 aromatic rings. The maximum Gasteiger partial charge on any atom is 0.404 e. The van der Waals surface area contributed by atoms with Crippen molar-refractivity contribution in [2.45, 2.75) is 6.92 Å². The van der Waals surface area contributed by atoms with Crippen LogP contribution in [0.15, 0.2) is 0 Å². The maximum absolute atomic E-state index is 9.60. The van der Waals surface area contributed by atoms with E-state index < -0.39 is 6.09 Å². The third-order valence-corrected chi connectivity index (χ3v) is 0.287. The summed E-state index contributed by atoms with van der Waals surface area (Å²) < 4.78 is 4.18. The molecule has 0 bridgehead atoms. The van der Waals surface area contributed by atoms with Gasteiger partial charge in [-0.2, -0.15) is 0 Å². The third kappa shape index (κ3) is 21.2. The minimum absolute atomic E-state index is 0.356. The topological polar surface area (TPSA) is 52.3 Å². The summed E-state index contributed by atoms with van der Waals surface area (Å²) in [6.07, 6.45) is 7.29. The van der Waals surface area contributed by atoms with Crippen LogP contribution in [0, 0.1) is 12.8 Å². The summed E-state index contributed by atoms with van der Waals surface area (Å²) in [5.74, 6) is 0. The van der Waals surface area contributed by atoms with Crippen molar-refractivity contribution in [3.63, 3.8) is 0 Å². The summed E-state index contributed by atoms with van der Waals surface area (Å²) in [6, 6.07) is 0. The SMILES string of the molecule is C#C.CCOC(N)=O. The van der Waals surface area contributed by atoms with E-state index in [9.17, 15) is 4.79 Å². The van der Waals surface area contributed by atoms with Crippen LogP contribution in [0.5, 0.6) is 0 Å². The Kier molecular flexibility index (Phi) is 11.5. The molecule has 1 amide bonds. The molecule has 0 atom stereocenters. The lowest BCUT2D eigenvalue weighted by atomic mass is 10.9. The van der Waals surface area contributed by atoms with Gasteiger partial charge < -0.3 is 10.5 Å². The van der Waals surface area contributed by atoms with Gasteiger partial charge in [-0.05, 0) is 6.92 Å². The molecule has 0 aliphatic rings. The average Bonchev–Trinajstić information content (AvgIpc) is 1.72. The van der Waals surface area contributed by atoms with Crippen LogP contribution in [-0.4, -0.2) is 12.7 Å². The van der Waals surface area contributed by atoms with Gasteiger partial charge in [0.2, 0.25) is 0 Å². The molecule has 0 radical (unpaired) electrons. The number of rotatable bonds is 1. The van der Waals surface area contributed by atoms with E-state index in [0.29, 0.717) is 6.61 Å². The van der Waals surface area contributed by atoms with Crippen molar-refractivity contribution < 1.29 is 9.53 Å². The summed E-state index contributed by atoms with van der Waals surface area (Å²) in [7, 11) is 0. The number of carbonyl (C=O) groups is 1. The largest absolute Gasteiger partial charge is 0.450 e. The first-order chi connectivity index (χ1) is 3.77. The number of nitrogens with two attached hydrogens (primary N) is 1. The van der Waals surface area contributed by atoms with Crippen LogP contribution >= 0.6 is 0 Å². The van der Waals surface area contributed by atoms with Crippen LogP contribution in [0.3, 0.4) is 0 Å². The number of carbonyl (C=O) groups excluding carboxylic acids is 1. The molecule has 46 valence electrons. The summed E-state index contributed by atoms with van der Waals surface area (Å²) >= 11 is 0. The highest BCUT2D eigenvalue weighted by atomic mass is 16.5. The van der Waals surface area contributed by atoms with E-state index in [1.165, 1.54) is 0 Å². The molecule has 0 heterocycles. The second-order valence-electron chi connectivity index (χ2n) is 0.752. The average molecular weight is 115 g/mol. The molecule has 0 spiro atoms. The Morgan fingerprint density at radius 3 is 2.12 bits per heavy atom. The van der Waals surface area contributed by atoms with E-state index in [4.69, 9.17) is 0 Å². The smallest absolute Gasteiger partial charge is 0.404 e. The molecule has 0 aromatic carbocycles. The Labute approximate surface area is 48.8 Å². The molecular weight excluding hydrogens is 106 g/mol. The van der Waals surface area contributed by atoms with Gasteiger partial charge in [0.1, 0.15) is 0 Å². The number of primary amides is 1. The Bertz CT molecular complexity index is 77.7. The zero-order valence-electron chi connectivity index (χ0n) is 4.76. The molecule has 0 aliphatic carbocycles. The van der Waals surface area contributed by atoms with Gasteiger partial charge in [-0.1, -0.05) is 0 Å². The number of amides is 1. The van der Waals surface area contributed by atoms with Crippen LogP contribution in [0.4, 0.5) is 4.79 Å². The fourth-order valence-electron chi connectivity index (χ4n) is 0.142.